The summed E-state index contributed by atoms with van der Waals surface area (Å²) in [5, 5.41) is 16.8. The molecule has 0 amide bonds. The Bertz CT molecular complexity index is 1050. The monoisotopic (exact) mass is 394 g/mol. The van der Waals surface area contributed by atoms with Gasteiger partial charge in [-0.05, 0) is 31.8 Å². The van der Waals surface area contributed by atoms with E-state index in [2.05, 4.69) is 22.8 Å². The second-order valence-electron chi connectivity index (χ2n) is 6.83. The molecule has 0 spiro atoms. The average Bonchev–Trinajstić information content (AvgIpc) is 3.36. The molecule has 6 nitrogen and oxygen atoms in total. The van der Waals surface area contributed by atoms with Gasteiger partial charge in [0.25, 0.3) is 0 Å². The molecule has 0 radical (unpaired) electrons. The summed E-state index contributed by atoms with van der Waals surface area (Å²) < 4.78 is 5.30. The van der Waals surface area contributed by atoms with E-state index in [9.17, 15) is 5.11 Å². The topological polar surface area (TPSA) is 74.4 Å². The van der Waals surface area contributed by atoms with Crippen molar-refractivity contribution in [2.75, 3.05) is 26.0 Å². The predicted octanol–water partition coefficient (Wildman–Crippen LogP) is 4.16. The van der Waals surface area contributed by atoms with E-state index in [0.29, 0.717) is 18.8 Å². The molecule has 0 aliphatic carbocycles. The van der Waals surface area contributed by atoms with Crippen LogP contribution in [-0.4, -0.2) is 40.6 Å². The minimum Gasteiger partial charge on any atom is -0.467 e. The van der Waals surface area contributed by atoms with Crippen LogP contribution in [0.3, 0.4) is 0 Å². The number of aliphatic hydroxyl groups excluding tert-OH is 1. The molecule has 0 unspecified atom stereocenters. The van der Waals surface area contributed by atoms with E-state index in [1.54, 1.807) is 29.7 Å². The first-order chi connectivity index (χ1) is 13.6. The van der Waals surface area contributed by atoms with Crippen LogP contribution in [-0.2, 0) is 6.54 Å². The number of hydrogen-bond acceptors (Lipinski definition) is 7. The predicted molar refractivity (Wildman–Crippen MR) is 112 cm³/mol. The third kappa shape index (κ3) is 3.91. The van der Waals surface area contributed by atoms with Crippen LogP contribution in [0.4, 0.5) is 5.82 Å². The van der Waals surface area contributed by atoms with Gasteiger partial charge in [0.05, 0.1) is 18.2 Å². The lowest BCUT2D eigenvalue weighted by Gasteiger charge is -2.14. The Morgan fingerprint density at radius 3 is 2.68 bits per heavy atom. The van der Waals surface area contributed by atoms with Crippen molar-refractivity contribution in [3.8, 4) is 11.1 Å². The number of anilines is 1. The summed E-state index contributed by atoms with van der Waals surface area (Å²) in [5.74, 6) is 2.00. The molecule has 0 aliphatic rings. The molecule has 0 fully saturated rings. The highest BCUT2D eigenvalue weighted by Crippen LogP contribution is 2.37. The summed E-state index contributed by atoms with van der Waals surface area (Å²) in [6, 6.07) is 13.7. The van der Waals surface area contributed by atoms with Gasteiger partial charge in [0, 0.05) is 17.5 Å². The maximum atomic E-state index is 10.4. The Kier molecular flexibility index (Phi) is 5.38. The first-order valence-electron chi connectivity index (χ1n) is 9.05. The van der Waals surface area contributed by atoms with Gasteiger partial charge in [-0.15, -0.1) is 11.3 Å². The van der Waals surface area contributed by atoms with Crippen LogP contribution in [0.25, 0.3) is 21.3 Å². The molecule has 2 N–H and O–H groups in total. The fourth-order valence-electron chi connectivity index (χ4n) is 3.07. The van der Waals surface area contributed by atoms with Crippen LogP contribution in [0.5, 0.6) is 0 Å². The van der Waals surface area contributed by atoms with Crippen LogP contribution < -0.4 is 5.32 Å². The summed E-state index contributed by atoms with van der Waals surface area (Å²) in [4.78, 5) is 12.5. The van der Waals surface area contributed by atoms with Crippen LogP contribution >= 0.6 is 11.3 Å². The van der Waals surface area contributed by atoms with Crippen molar-refractivity contribution in [1.82, 2.24) is 14.9 Å². The van der Waals surface area contributed by atoms with E-state index >= 15 is 0 Å². The number of furan rings is 1. The zero-order valence-corrected chi connectivity index (χ0v) is 16.6. The number of rotatable bonds is 7. The largest absolute Gasteiger partial charge is 0.467 e. The second kappa shape index (κ2) is 8.10. The molecule has 4 aromatic rings. The van der Waals surface area contributed by atoms with Crippen LogP contribution in [0.2, 0.25) is 0 Å². The Balaban J connectivity index is 1.73. The lowest BCUT2D eigenvalue weighted by Crippen LogP contribution is -2.16. The molecule has 144 valence electrons. The summed E-state index contributed by atoms with van der Waals surface area (Å²) >= 11 is 1.61. The average molecular weight is 395 g/mol. The normalized spacial score (nSPS) is 12.6. The summed E-state index contributed by atoms with van der Waals surface area (Å²) in [7, 11) is 3.98. The zero-order valence-electron chi connectivity index (χ0n) is 15.8. The summed E-state index contributed by atoms with van der Waals surface area (Å²) in [6.45, 7) is 0.940. The standard InChI is InChI=1S/C21H22N4O2S/c1-25(2)12-18-23-20(22-11-16(26)17-9-6-10-27-17)19-15(13-28-21(19)24-18)14-7-4-3-5-8-14/h3-10,13,16,26H,11-12H2,1-2H3,(H,22,23,24)/t16-/m1/s1. The van der Waals surface area contributed by atoms with Gasteiger partial charge in [0.1, 0.15) is 28.3 Å². The molecule has 3 heterocycles. The van der Waals surface area contributed by atoms with Gasteiger partial charge >= 0.3 is 0 Å². The van der Waals surface area contributed by atoms with E-state index in [-0.39, 0.29) is 0 Å². The number of aliphatic hydroxyl groups is 1. The Morgan fingerprint density at radius 2 is 1.96 bits per heavy atom. The highest BCUT2D eigenvalue weighted by atomic mass is 32.1. The molecule has 1 aromatic carbocycles. The lowest BCUT2D eigenvalue weighted by atomic mass is 10.1. The number of aromatic nitrogens is 2. The van der Waals surface area contributed by atoms with Crippen molar-refractivity contribution in [1.29, 1.82) is 0 Å². The fourth-order valence-corrected chi connectivity index (χ4v) is 4.04. The van der Waals surface area contributed by atoms with Crippen LogP contribution in [0.1, 0.15) is 17.7 Å². The fraction of sp³-hybridized carbons (Fsp3) is 0.238. The van der Waals surface area contributed by atoms with Crippen LogP contribution in [0.15, 0.2) is 58.5 Å². The molecule has 0 saturated carbocycles. The van der Waals surface area contributed by atoms with Gasteiger partial charge in [-0.25, -0.2) is 9.97 Å². The molecule has 28 heavy (non-hydrogen) atoms. The molecular formula is C21H22N4O2S. The van der Waals surface area contributed by atoms with Crippen molar-refractivity contribution < 1.29 is 9.52 Å². The highest BCUT2D eigenvalue weighted by Gasteiger charge is 2.17. The molecule has 0 aliphatic heterocycles. The van der Waals surface area contributed by atoms with Gasteiger partial charge in [0.2, 0.25) is 0 Å². The van der Waals surface area contributed by atoms with Gasteiger partial charge in [-0.2, -0.15) is 0 Å². The molecule has 3 aromatic heterocycles. The molecule has 1 atom stereocenters. The van der Waals surface area contributed by atoms with E-state index in [1.807, 2.05) is 37.2 Å². The number of fused-ring (bicyclic) bond motifs is 1. The zero-order chi connectivity index (χ0) is 19.5. The summed E-state index contributed by atoms with van der Waals surface area (Å²) in [6.07, 6.45) is 0.805. The molecule has 7 heteroatoms. The Morgan fingerprint density at radius 1 is 1.14 bits per heavy atom. The third-order valence-electron chi connectivity index (χ3n) is 4.36. The van der Waals surface area contributed by atoms with Gasteiger partial charge in [-0.1, -0.05) is 30.3 Å². The summed E-state index contributed by atoms with van der Waals surface area (Å²) in [5.41, 5.74) is 2.21. The van der Waals surface area contributed by atoms with Crippen LogP contribution in [0, 0.1) is 0 Å². The molecule has 0 saturated heterocycles. The number of benzene rings is 1. The minimum absolute atomic E-state index is 0.297. The van der Waals surface area contributed by atoms with Gasteiger partial charge in [0.15, 0.2) is 0 Å². The van der Waals surface area contributed by atoms with E-state index in [0.717, 1.165) is 33.0 Å². The van der Waals surface area contributed by atoms with Gasteiger partial charge in [-0.3, -0.25) is 0 Å². The highest BCUT2D eigenvalue weighted by molar-refractivity contribution is 7.17. The molecule has 0 bridgehead atoms. The molecular weight excluding hydrogens is 372 g/mol. The van der Waals surface area contributed by atoms with E-state index < -0.39 is 6.10 Å². The number of nitrogens with zero attached hydrogens (tertiary/aromatic N) is 3. The maximum absolute atomic E-state index is 10.4. The molecule has 4 rings (SSSR count). The third-order valence-corrected chi connectivity index (χ3v) is 5.23. The van der Waals surface area contributed by atoms with E-state index in [1.165, 1.54) is 0 Å². The van der Waals surface area contributed by atoms with E-state index in [4.69, 9.17) is 14.4 Å². The first kappa shape index (κ1) is 18.6. The SMILES string of the molecule is CN(C)Cc1nc(NC[C@@H](O)c2ccco2)c2c(-c3ccccc3)csc2n1. The van der Waals surface area contributed by atoms with Crippen molar-refractivity contribution >= 4 is 27.4 Å². The number of hydrogen-bond donors (Lipinski definition) is 2. The lowest BCUT2D eigenvalue weighted by molar-refractivity contribution is 0.162. The smallest absolute Gasteiger partial charge is 0.146 e. The first-order valence-corrected chi connectivity index (χ1v) is 9.93. The second-order valence-corrected chi connectivity index (χ2v) is 7.69. The van der Waals surface area contributed by atoms with Crippen molar-refractivity contribution in [2.45, 2.75) is 12.6 Å². The van der Waals surface area contributed by atoms with Gasteiger partial charge < -0.3 is 19.7 Å². The minimum atomic E-state index is -0.754. The maximum Gasteiger partial charge on any atom is 0.146 e. The van der Waals surface area contributed by atoms with Crippen molar-refractivity contribution in [3.05, 3.63) is 65.7 Å². The number of thiophene rings is 1. The number of nitrogens with one attached hydrogen (secondary N) is 1. The Labute approximate surface area is 167 Å². The van der Waals surface area contributed by atoms with Crippen molar-refractivity contribution in [3.63, 3.8) is 0 Å². The van der Waals surface area contributed by atoms with Crippen molar-refractivity contribution in [2.24, 2.45) is 0 Å². The Hall–Kier alpha value is -2.74. The quantitative estimate of drug-likeness (QED) is 0.490.